The molecule has 0 unspecified atom stereocenters. The van der Waals surface area contributed by atoms with E-state index in [0.29, 0.717) is 11.4 Å². The molecular formula is C10H13ClN2O2. The molecule has 15 heavy (non-hydrogen) atoms. The summed E-state index contributed by atoms with van der Waals surface area (Å²) in [5, 5.41) is 8.96. The van der Waals surface area contributed by atoms with Crippen molar-refractivity contribution in [3.63, 3.8) is 0 Å². The third-order valence-electron chi connectivity index (χ3n) is 2.01. The second-order valence-corrected chi connectivity index (χ2v) is 3.70. The lowest BCUT2D eigenvalue weighted by Gasteiger charge is -2.11. The second kappa shape index (κ2) is 5.70. The predicted octanol–water partition coefficient (Wildman–Crippen LogP) is 1.11. The highest BCUT2D eigenvalue weighted by Crippen LogP contribution is 2.16. The van der Waals surface area contributed by atoms with Crippen LogP contribution in [-0.4, -0.2) is 17.2 Å². The highest BCUT2D eigenvalue weighted by atomic mass is 35.5. The lowest BCUT2D eigenvalue weighted by atomic mass is 10.0. The van der Waals surface area contributed by atoms with Gasteiger partial charge in [0.15, 0.2) is 0 Å². The molecule has 0 aromatic heterocycles. The minimum Gasteiger partial charge on any atom is -0.327 e. The number of benzene rings is 1. The van der Waals surface area contributed by atoms with Crippen molar-refractivity contribution in [1.29, 1.82) is 0 Å². The topological polar surface area (TPSA) is 75.4 Å². The molecule has 1 aromatic rings. The molecule has 1 amide bonds. The first kappa shape index (κ1) is 12.0. The average Bonchev–Trinajstić information content (AvgIpc) is 2.21. The smallest absolute Gasteiger partial charge is 0.244 e. The largest absolute Gasteiger partial charge is 0.327 e. The van der Waals surface area contributed by atoms with Gasteiger partial charge >= 0.3 is 0 Å². The zero-order valence-electron chi connectivity index (χ0n) is 8.11. The Morgan fingerprint density at radius 1 is 1.53 bits per heavy atom. The van der Waals surface area contributed by atoms with Crippen LogP contribution < -0.4 is 11.2 Å². The van der Waals surface area contributed by atoms with Gasteiger partial charge in [0.05, 0.1) is 0 Å². The predicted molar refractivity (Wildman–Crippen MR) is 57.7 cm³/mol. The summed E-state index contributed by atoms with van der Waals surface area (Å²) in [6.45, 7) is 0. The first-order chi connectivity index (χ1) is 7.13. The number of carbonyl (C=O) groups is 1. The molecule has 0 aliphatic carbocycles. The quantitative estimate of drug-likeness (QED) is 0.534. The van der Waals surface area contributed by atoms with Crippen LogP contribution in [0.1, 0.15) is 12.0 Å². The summed E-state index contributed by atoms with van der Waals surface area (Å²) in [5.74, 6) is -0.491. The second-order valence-electron chi connectivity index (χ2n) is 3.29. The van der Waals surface area contributed by atoms with Crippen LogP contribution in [0.2, 0.25) is 5.02 Å². The first-order valence-corrected chi connectivity index (χ1v) is 4.93. The van der Waals surface area contributed by atoms with Gasteiger partial charge in [-0.2, -0.15) is 0 Å². The maximum Gasteiger partial charge on any atom is 0.244 e. The van der Waals surface area contributed by atoms with Crippen molar-refractivity contribution < 1.29 is 10.0 Å². The molecule has 0 saturated heterocycles. The molecule has 0 aliphatic rings. The Balaban J connectivity index is 2.55. The summed E-state index contributed by atoms with van der Waals surface area (Å²) >= 11 is 5.93. The van der Waals surface area contributed by atoms with Crippen LogP contribution in [0, 0.1) is 0 Å². The summed E-state index contributed by atoms with van der Waals surface area (Å²) in [6.07, 6.45) is 0.578. The maximum atomic E-state index is 10.8. The highest BCUT2D eigenvalue weighted by molar-refractivity contribution is 6.31. The van der Waals surface area contributed by atoms with Gasteiger partial charge in [-0.15, -0.1) is 0 Å². The summed E-state index contributed by atoms with van der Waals surface area (Å²) in [4.78, 5) is 10.8. The Morgan fingerprint density at radius 3 is 2.80 bits per heavy atom. The molecule has 0 aliphatic heterocycles. The first-order valence-electron chi connectivity index (χ1n) is 4.55. The third-order valence-corrected chi connectivity index (χ3v) is 2.38. The fourth-order valence-electron chi connectivity index (χ4n) is 1.30. The molecule has 0 spiro atoms. The van der Waals surface area contributed by atoms with Crippen LogP contribution in [0.5, 0.6) is 0 Å². The van der Waals surface area contributed by atoms with E-state index >= 15 is 0 Å². The van der Waals surface area contributed by atoms with E-state index in [-0.39, 0.29) is 12.5 Å². The van der Waals surface area contributed by atoms with E-state index in [0.717, 1.165) is 5.56 Å². The van der Waals surface area contributed by atoms with E-state index in [1.807, 2.05) is 18.2 Å². The number of hydrogen-bond donors (Lipinski definition) is 3. The van der Waals surface area contributed by atoms with Gasteiger partial charge < -0.3 is 5.73 Å². The Kier molecular flexibility index (Phi) is 4.55. The van der Waals surface area contributed by atoms with Gasteiger partial charge in [0.2, 0.25) is 5.91 Å². The molecule has 82 valence electrons. The summed E-state index contributed by atoms with van der Waals surface area (Å²) in [7, 11) is 0. The SMILES string of the molecule is N[C@@H](CC(=O)NO)Cc1ccccc1Cl. The standard InChI is InChI=1S/C10H13ClN2O2/c11-9-4-2-1-3-7(9)5-8(12)6-10(14)13-15/h1-4,8,15H,5-6,12H2,(H,13,14)/t8-/m1/s1. The van der Waals surface area contributed by atoms with Gasteiger partial charge in [-0.1, -0.05) is 29.8 Å². The van der Waals surface area contributed by atoms with E-state index in [4.69, 9.17) is 22.5 Å². The van der Waals surface area contributed by atoms with Crippen molar-refractivity contribution in [2.24, 2.45) is 5.73 Å². The molecule has 0 bridgehead atoms. The summed E-state index contributed by atoms with van der Waals surface area (Å²) < 4.78 is 0. The van der Waals surface area contributed by atoms with E-state index < -0.39 is 5.91 Å². The van der Waals surface area contributed by atoms with Crippen LogP contribution in [0.15, 0.2) is 24.3 Å². The normalized spacial score (nSPS) is 12.2. The molecule has 4 N–H and O–H groups in total. The van der Waals surface area contributed by atoms with Crippen molar-refractivity contribution in [2.45, 2.75) is 18.9 Å². The fraction of sp³-hybridized carbons (Fsp3) is 0.300. The fourth-order valence-corrected chi connectivity index (χ4v) is 1.52. The Bertz CT molecular complexity index is 344. The van der Waals surface area contributed by atoms with Crippen LogP contribution in [0.3, 0.4) is 0 Å². The number of nitrogens with two attached hydrogens (primary N) is 1. The number of halogens is 1. The van der Waals surface area contributed by atoms with Gasteiger partial charge in [-0.25, -0.2) is 5.48 Å². The van der Waals surface area contributed by atoms with Crippen LogP contribution in [0.4, 0.5) is 0 Å². The molecule has 0 heterocycles. The monoisotopic (exact) mass is 228 g/mol. The van der Waals surface area contributed by atoms with Crippen LogP contribution in [0.25, 0.3) is 0 Å². The number of carbonyl (C=O) groups excluding carboxylic acids is 1. The summed E-state index contributed by atoms with van der Waals surface area (Å²) in [6, 6.07) is 6.98. The van der Waals surface area contributed by atoms with E-state index in [1.54, 1.807) is 11.5 Å². The molecule has 0 radical (unpaired) electrons. The minimum absolute atomic E-state index is 0.0712. The average molecular weight is 229 g/mol. The third kappa shape index (κ3) is 3.87. The molecule has 1 rings (SSSR count). The summed E-state index contributed by atoms with van der Waals surface area (Å²) in [5.41, 5.74) is 8.17. The molecule has 1 aromatic carbocycles. The zero-order valence-corrected chi connectivity index (χ0v) is 8.87. The van der Waals surface area contributed by atoms with E-state index in [9.17, 15) is 4.79 Å². The molecular weight excluding hydrogens is 216 g/mol. The molecule has 4 nitrogen and oxygen atoms in total. The van der Waals surface area contributed by atoms with Gasteiger partial charge in [-0.05, 0) is 18.1 Å². The lowest BCUT2D eigenvalue weighted by Crippen LogP contribution is -2.31. The van der Waals surface area contributed by atoms with Gasteiger partial charge in [0, 0.05) is 17.5 Å². The van der Waals surface area contributed by atoms with Crippen molar-refractivity contribution in [2.75, 3.05) is 0 Å². The zero-order chi connectivity index (χ0) is 11.3. The maximum absolute atomic E-state index is 10.8. The van der Waals surface area contributed by atoms with Gasteiger partial charge in [0.1, 0.15) is 0 Å². The molecule has 0 fully saturated rings. The molecule has 1 atom stereocenters. The number of amides is 1. The van der Waals surface area contributed by atoms with Gasteiger partial charge in [-0.3, -0.25) is 10.0 Å². The number of hydroxylamine groups is 1. The highest BCUT2D eigenvalue weighted by Gasteiger charge is 2.10. The van der Waals surface area contributed by atoms with E-state index in [1.165, 1.54) is 0 Å². The van der Waals surface area contributed by atoms with Gasteiger partial charge in [0.25, 0.3) is 0 Å². The Labute approximate surface area is 93.0 Å². The Morgan fingerprint density at radius 2 is 2.20 bits per heavy atom. The Hall–Kier alpha value is -1.10. The van der Waals surface area contributed by atoms with Crippen LogP contribution >= 0.6 is 11.6 Å². The number of hydrogen-bond acceptors (Lipinski definition) is 3. The molecule has 5 heteroatoms. The van der Waals surface area contributed by atoms with Crippen molar-refractivity contribution in [1.82, 2.24) is 5.48 Å². The minimum atomic E-state index is -0.491. The molecule has 0 saturated carbocycles. The van der Waals surface area contributed by atoms with Crippen molar-refractivity contribution in [3.05, 3.63) is 34.9 Å². The van der Waals surface area contributed by atoms with E-state index in [2.05, 4.69) is 0 Å². The number of nitrogens with one attached hydrogen (secondary N) is 1. The van der Waals surface area contributed by atoms with Crippen molar-refractivity contribution >= 4 is 17.5 Å². The van der Waals surface area contributed by atoms with Crippen molar-refractivity contribution in [3.8, 4) is 0 Å². The lowest BCUT2D eigenvalue weighted by molar-refractivity contribution is -0.129. The number of rotatable bonds is 4. The van der Waals surface area contributed by atoms with Crippen LogP contribution in [-0.2, 0) is 11.2 Å².